The quantitative estimate of drug-likeness (QED) is 0.724. The van der Waals surface area contributed by atoms with Crippen LogP contribution in [0.1, 0.15) is 38.7 Å². The van der Waals surface area contributed by atoms with Crippen molar-refractivity contribution in [1.29, 1.82) is 0 Å². The monoisotopic (exact) mass is 306 g/mol. The zero-order valence-corrected chi connectivity index (χ0v) is 13.4. The molecule has 0 unspecified atom stereocenters. The predicted molar refractivity (Wildman–Crippen MR) is 85.8 cm³/mol. The van der Waals surface area contributed by atoms with Gasteiger partial charge in [0.1, 0.15) is 5.75 Å². The van der Waals surface area contributed by atoms with Crippen LogP contribution in [-0.4, -0.2) is 29.9 Å². The summed E-state index contributed by atoms with van der Waals surface area (Å²) in [5, 5.41) is 15.4. The smallest absolute Gasteiger partial charge is 0.315 e. The van der Waals surface area contributed by atoms with E-state index in [0.29, 0.717) is 25.6 Å². The fraction of sp³-hybridized carbons (Fsp3) is 0.588. The summed E-state index contributed by atoms with van der Waals surface area (Å²) in [5.74, 6) is 1.34. The van der Waals surface area contributed by atoms with Crippen molar-refractivity contribution < 1.29 is 14.6 Å². The number of benzene rings is 1. The van der Waals surface area contributed by atoms with E-state index in [1.54, 1.807) is 0 Å². The fourth-order valence-corrected chi connectivity index (χ4v) is 2.22. The van der Waals surface area contributed by atoms with E-state index in [1.165, 1.54) is 0 Å². The zero-order chi connectivity index (χ0) is 16.0. The number of carbonyl (C=O) groups is 1. The minimum absolute atomic E-state index is 0.250. The molecule has 5 nitrogen and oxygen atoms in total. The van der Waals surface area contributed by atoms with Crippen LogP contribution in [0, 0.1) is 5.92 Å². The number of hydrogen-bond donors (Lipinski definition) is 3. The Balaban J connectivity index is 1.68. The third-order valence-electron chi connectivity index (χ3n) is 3.82. The molecular weight excluding hydrogens is 280 g/mol. The molecule has 2 rings (SSSR count). The molecule has 1 fully saturated rings. The molecule has 122 valence electrons. The molecule has 1 aromatic rings. The van der Waals surface area contributed by atoms with E-state index in [1.807, 2.05) is 24.3 Å². The van der Waals surface area contributed by atoms with Gasteiger partial charge in [-0.1, -0.05) is 26.0 Å². The second kappa shape index (κ2) is 7.49. The molecule has 0 bridgehead atoms. The number of urea groups is 1. The standard InChI is InChI=1S/C17H26N2O3/c1-13(2)11-22-15-6-4-14(5-7-15)10-18-16(20)19-12-17(21)8-3-9-17/h4-7,13,21H,3,8-12H2,1-2H3,(H2,18,19,20). The summed E-state index contributed by atoms with van der Waals surface area (Å²) in [6.07, 6.45) is 2.57. The number of amides is 2. The molecule has 1 saturated carbocycles. The average Bonchev–Trinajstić information content (AvgIpc) is 2.48. The summed E-state index contributed by atoms with van der Waals surface area (Å²) >= 11 is 0. The molecule has 0 aromatic heterocycles. The lowest BCUT2D eigenvalue weighted by Crippen LogP contribution is -2.49. The van der Waals surface area contributed by atoms with E-state index in [-0.39, 0.29) is 6.03 Å². The summed E-state index contributed by atoms with van der Waals surface area (Å²) in [6.45, 7) is 5.69. The van der Waals surface area contributed by atoms with Crippen molar-refractivity contribution in [2.45, 2.75) is 45.3 Å². The Morgan fingerprint density at radius 1 is 1.27 bits per heavy atom. The van der Waals surface area contributed by atoms with E-state index in [0.717, 1.165) is 30.6 Å². The Morgan fingerprint density at radius 3 is 2.50 bits per heavy atom. The third-order valence-corrected chi connectivity index (χ3v) is 3.82. The lowest BCUT2D eigenvalue weighted by molar-refractivity contribution is -0.0290. The SMILES string of the molecule is CC(C)COc1ccc(CNC(=O)NCC2(O)CCC2)cc1. The highest BCUT2D eigenvalue weighted by atomic mass is 16.5. The van der Waals surface area contributed by atoms with Crippen LogP contribution in [0.4, 0.5) is 4.79 Å². The molecule has 0 radical (unpaired) electrons. The molecule has 1 aliphatic carbocycles. The normalized spacial score (nSPS) is 16.0. The van der Waals surface area contributed by atoms with Crippen LogP contribution in [0.3, 0.4) is 0 Å². The lowest BCUT2D eigenvalue weighted by atomic mass is 9.80. The highest BCUT2D eigenvalue weighted by Crippen LogP contribution is 2.30. The van der Waals surface area contributed by atoms with Gasteiger partial charge < -0.3 is 20.5 Å². The van der Waals surface area contributed by atoms with Gasteiger partial charge in [0.25, 0.3) is 0 Å². The van der Waals surface area contributed by atoms with Crippen LogP contribution in [0.15, 0.2) is 24.3 Å². The summed E-state index contributed by atoms with van der Waals surface area (Å²) < 4.78 is 5.62. The fourth-order valence-electron chi connectivity index (χ4n) is 2.22. The van der Waals surface area contributed by atoms with Crippen LogP contribution in [0.5, 0.6) is 5.75 Å². The summed E-state index contributed by atoms with van der Waals surface area (Å²) in [4.78, 5) is 11.7. The first-order valence-corrected chi connectivity index (χ1v) is 7.93. The van der Waals surface area contributed by atoms with Gasteiger partial charge in [-0.25, -0.2) is 4.79 Å². The van der Waals surface area contributed by atoms with Crippen LogP contribution in [0.2, 0.25) is 0 Å². The third kappa shape index (κ3) is 5.22. The minimum atomic E-state index is -0.688. The minimum Gasteiger partial charge on any atom is -0.493 e. The van der Waals surface area contributed by atoms with Crippen molar-refractivity contribution in [3.8, 4) is 5.75 Å². The van der Waals surface area contributed by atoms with E-state index in [4.69, 9.17) is 4.74 Å². The van der Waals surface area contributed by atoms with Gasteiger partial charge in [0.05, 0.1) is 12.2 Å². The molecule has 0 saturated heterocycles. The number of hydrogen-bond acceptors (Lipinski definition) is 3. The Bertz CT molecular complexity index is 481. The van der Waals surface area contributed by atoms with Gasteiger partial charge in [-0.2, -0.15) is 0 Å². The molecule has 2 amide bonds. The number of rotatable bonds is 7. The summed E-state index contributed by atoms with van der Waals surface area (Å²) in [5.41, 5.74) is 0.321. The highest BCUT2D eigenvalue weighted by Gasteiger charge is 2.34. The topological polar surface area (TPSA) is 70.6 Å². The summed E-state index contributed by atoms with van der Waals surface area (Å²) in [6, 6.07) is 7.45. The molecule has 0 spiro atoms. The van der Waals surface area contributed by atoms with E-state index in [2.05, 4.69) is 24.5 Å². The van der Waals surface area contributed by atoms with Crippen molar-refractivity contribution in [1.82, 2.24) is 10.6 Å². The number of aliphatic hydroxyl groups is 1. The van der Waals surface area contributed by atoms with Gasteiger partial charge >= 0.3 is 6.03 Å². The van der Waals surface area contributed by atoms with Gasteiger partial charge in [-0.05, 0) is 42.9 Å². The molecule has 1 aromatic carbocycles. The molecule has 0 heterocycles. The maximum Gasteiger partial charge on any atom is 0.315 e. The largest absolute Gasteiger partial charge is 0.493 e. The van der Waals surface area contributed by atoms with Gasteiger partial charge in [-0.15, -0.1) is 0 Å². The second-order valence-corrected chi connectivity index (χ2v) is 6.46. The Morgan fingerprint density at radius 2 is 1.95 bits per heavy atom. The Labute approximate surface area is 132 Å². The van der Waals surface area contributed by atoms with Gasteiger partial charge in [-0.3, -0.25) is 0 Å². The van der Waals surface area contributed by atoms with E-state index >= 15 is 0 Å². The van der Waals surface area contributed by atoms with Crippen molar-refractivity contribution in [2.24, 2.45) is 5.92 Å². The van der Waals surface area contributed by atoms with E-state index < -0.39 is 5.60 Å². The van der Waals surface area contributed by atoms with Crippen molar-refractivity contribution in [3.63, 3.8) is 0 Å². The number of ether oxygens (including phenoxy) is 1. The van der Waals surface area contributed by atoms with Crippen LogP contribution in [0.25, 0.3) is 0 Å². The first kappa shape index (κ1) is 16.6. The van der Waals surface area contributed by atoms with Crippen molar-refractivity contribution >= 4 is 6.03 Å². The maximum atomic E-state index is 11.7. The number of nitrogens with one attached hydrogen (secondary N) is 2. The van der Waals surface area contributed by atoms with Crippen molar-refractivity contribution in [3.05, 3.63) is 29.8 Å². The van der Waals surface area contributed by atoms with Crippen LogP contribution >= 0.6 is 0 Å². The summed E-state index contributed by atoms with van der Waals surface area (Å²) in [7, 11) is 0. The molecule has 3 N–H and O–H groups in total. The molecule has 1 aliphatic rings. The number of carbonyl (C=O) groups excluding carboxylic acids is 1. The van der Waals surface area contributed by atoms with Gasteiger partial charge in [0.2, 0.25) is 0 Å². The molecule has 22 heavy (non-hydrogen) atoms. The maximum absolute atomic E-state index is 11.7. The zero-order valence-electron chi connectivity index (χ0n) is 13.4. The molecule has 5 heteroatoms. The highest BCUT2D eigenvalue weighted by molar-refractivity contribution is 5.73. The second-order valence-electron chi connectivity index (χ2n) is 6.46. The predicted octanol–water partition coefficient (Wildman–Crippen LogP) is 2.44. The molecule has 0 aliphatic heterocycles. The first-order valence-electron chi connectivity index (χ1n) is 7.93. The van der Waals surface area contributed by atoms with Gasteiger partial charge in [0, 0.05) is 13.1 Å². The average molecular weight is 306 g/mol. The van der Waals surface area contributed by atoms with Gasteiger partial charge in [0.15, 0.2) is 0 Å². The lowest BCUT2D eigenvalue weighted by Gasteiger charge is -2.36. The van der Waals surface area contributed by atoms with Crippen LogP contribution in [-0.2, 0) is 6.54 Å². The van der Waals surface area contributed by atoms with Crippen molar-refractivity contribution in [2.75, 3.05) is 13.2 Å². The first-order chi connectivity index (χ1) is 10.5. The van der Waals surface area contributed by atoms with E-state index in [9.17, 15) is 9.90 Å². The molecule has 0 atom stereocenters. The Hall–Kier alpha value is -1.75. The Kier molecular flexibility index (Phi) is 5.66. The van der Waals surface area contributed by atoms with Crippen LogP contribution < -0.4 is 15.4 Å². The molecular formula is C17H26N2O3.